The summed E-state index contributed by atoms with van der Waals surface area (Å²) in [5, 5.41) is 4.26. The zero-order valence-electron chi connectivity index (χ0n) is 7.62. The summed E-state index contributed by atoms with van der Waals surface area (Å²) in [6.45, 7) is 1.96. The van der Waals surface area contributed by atoms with Crippen LogP contribution in [0.4, 0.5) is 5.82 Å². The van der Waals surface area contributed by atoms with E-state index < -0.39 is 0 Å². The topological polar surface area (TPSA) is 52.0 Å². The van der Waals surface area contributed by atoms with Gasteiger partial charge in [-0.1, -0.05) is 28.9 Å². The normalized spacial score (nSPS) is 10.4. The minimum absolute atomic E-state index is 0.360. The summed E-state index contributed by atoms with van der Waals surface area (Å²) in [4.78, 5) is 0. The van der Waals surface area contributed by atoms with Crippen molar-refractivity contribution in [3.05, 3.63) is 34.9 Å². The fraction of sp³-hybridized carbons (Fsp3) is 0.100. The number of nitrogens with zero attached hydrogens (tertiary/aromatic N) is 1. The predicted molar refractivity (Wildman–Crippen MR) is 56.1 cm³/mol. The van der Waals surface area contributed by atoms with Crippen LogP contribution in [0.25, 0.3) is 11.3 Å². The Hall–Kier alpha value is -1.48. The number of hydrogen-bond acceptors (Lipinski definition) is 3. The smallest absolute Gasteiger partial charge is 0.170 e. The zero-order chi connectivity index (χ0) is 10.1. The Labute approximate surface area is 86.5 Å². The van der Waals surface area contributed by atoms with Gasteiger partial charge in [-0.3, -0.25) is 0 Å². The highest BCUT2D eigenvalue weighted by Crippen LogP contribution is 2.31. The molecule has 0 amide bonds. The van der Waals surface area contributed by atoms with Crippen LogP contribution >= 0.6 is 11.6 Å². The van der Waals surface area contributed by atoms with Crippen LogP contribution in [0.5, 0.6) is 0 Å². The molecule has 0 bridgehead atoms. The first-order valence-electron chi connectivity index (χ1n) is 4.16. The average Bonchev–Trinajstić information content (AvgIpc) is 2.51. The van der Waals surface area contributed by atoms with Crippen molar-refractivity contribution in [2.45, 2.75) is 6.92 Å². The molecule has 0 aliphatic heterocycles. The van der Waals surface area contributed by atoms with Gasteiger partial charge in [0.2, 0.25) is 0 Å². The molecule has 2 aromatic rings. The molecule has 72 valence electrons. The Kier molecular flexibility index (Phi) is 2.17. The number of benzene rings is 1. The number of aromatic nitrogens is 1. The second-order valence-electron chi connectivity index (χ2n) is 3.05. The van der Waals surface area contributed by atoms with E-state index in [0.717, 1.165) is 11.1 Å². The van der Waals surface area contributed by atoms with E-state index in [0.29, 0.717) is 16.6 Å². The van der Waals surface area contributed by atoms with E-state index in [9.17, 15) is 0 Å². The Bertz CT molecular complexity index is 445. The molecule has 1 aromatic heterocycles. The molecular weight excluding hydrogens is 200 g/mol. The summed E-state index contributed by atoms with van der Waals surface area (Å²) in [5.74, 6) is 0.963. The maximum absolute atomic E-state index is 6.04. The predicted octanol–water partition coefficient (Wildman–Crippen LogP) is 2.89. The molecule has 0 spiro atoms. The van der Waals surface area contributed by atoms with Crippen LogP contribution in [0.15, 0.2) is 28.8 Å². The van der Waals surface area contributed by atoms with Gasteiger partial charge in [-0.05, 0) is 18.6 Å². The third-order valence-electron chi connectivity index (χ3n) is 2.00. The summed E-state index contributed by atoms with van der Waals surface area (Å²) >= 11 is 6.04. The number of halogens is 1. The van der Waals surface area contributed by atoms with E-state index >= 15 is 0 Å². The van der Waals surface area contributed by atoms with Crippen molar-refractivity contribution in [3.63, 3.8) is 0 Å². The number of rotatable bonds is 1. The van der Waals surface area contributed by atoms with Gasteiger partial charge in [0, 0.05) is 11.6 Å². The van der Waals surface area contributed by atoms with Gasteiger partial charge < -0.3 is 10.3 Å². The summed E-state index contributed by atoms with van der Waals surface area (Å²) < 4.78 is 5.05. The van der Waals surface area contributed by atoms with E-state index in [1.54, 1.807) is 6.07 Å². The molecular formula is C10H9ClN2O. The number of aryl methyl sites for hydroxylation is 1. The second kappa shape index (κ2) is 3.35. The van der Waals surface area contributed by atoms with Crippen molar-refractivity contribution in [1.82, 2.24) is 5.16 Å². The highest BCUT2D eigenvalue weighted by Gasteiger charge is 2.11. The van der Waals surface area contributed by atoms with Gasteiger partial charge in [-0.2, -0.15) is 0 Å². The van der Waals surface area contributed by atoms with E-state index in [4.69, 9.17) is 21.9 Å². The van der Waals surface area contributed by atoms with Crippen LogP contribution in [-0.4, -0.2) is 5.16 Å². The van der Waals surface area contributed by atoms with Crippen LogP contribution in [-0.2, 0) is 0 Å². The Morgan fingerprint density at radius 3 is 2.79 bits per heavy atom. The third-order valence-corrected chi connectivity index (χ3v) is 2.31. The molecule has 1 aromatic carbocycles. The van der Waals surface area contributed by atoms with Crippen molar-refractivity contribution >= 4 is 17.4 Å². The minimum Gasteiger partial charge on any atom is -0.381 e. The minimum atomic E-state index is 0.360. The Balaban J connectivity index is 2.61. The molecule has 0 radical (unpaired) electrons. The summed E-state index contributed by atoms with van der Waals surface area (Å²) in [5.41, 5.74) is 7.35. The highest BCUT2D eigenvalue weighted by atomic mass is 35.5. The molecule has 2 rings (SSSR count). The summed E-state index contributed by atoms with van der Waals surface area (Å²) in [6, 6.07) is 7.32. The molecule has 2 N–H and O–H groups in total. The molecule has 4 heteroatoms. The molecule has 0 atom stereocenters. The standard InChI is InChI=1S/C10H9ClN2O/c1-6-3-2-4-7(11)10(6)8-5-9(12)13-14-8/h2-5H,1H3,(H2,12,13). The lowest BCUT2D eigenvalue weighted by atomic mass is 10.1. The lowest BCUT2D eigenvalue weighted by Crippen LogP contribution is -1.82. The molecule has 0 saturated carbocycles. The van der Waals surface area contributed by atoms with E-state index in [2.05, 4.69) is 5.16 Å². The van der Waals surface area contributed by atoms with Crippen molar-refractivity contribution < 1.29 is 4.52 Å². The van der Waals surface area contributed by atoms with Crippen molar-refractivity contribution in [2.24, 2.45) is 0 Å². The molecule has 0 unspecified atom stereocenters. The lowest BCUT2D eigenvalue weighted by molar-refractivity contribution is 0.435. The lowest BCUT2D eigenvalue weighted by Gasteiger charge is -2.02. The van der Waals surface area contributed by atoms with Gasteiger partial charge in [0.25, 0.3) is 0 Å². The maximum atomic E-state index is 6.04. The number of anilines is 1. The molecule has 1 heterocycles. The monoisotopic (exact) mass is 208 g/mol. The fourth-order valence-electron chi connectivity index (χ4n) is 1.35. The maximum Gasteiger partial charge on any atom is 0.170 e. The van der Waals surface area contributed by atoms with Crippen LogP contribution in [0.2, 0.25) is 5.02 Å². The quantitative estimate of drug-likeness (QED) is 0.784. The van der Waals surface area contributed by atoms with Crippen LogP contribution < -0.4 is 5.73 Å². The van der Waals surface area contributed by atoms with Crippen LogP contribution in [0.3, 0.4) is 0 Å². The Morgan fingerprint density at radius 2 is 2.21 bits per heavy atom. The molecule has 0 saturated heterocycles. The van der Waals surface area contributed by atoms with Crippen LogP contribution in [0, 0.1) is 6.92 Å². The van der Waals surface area contributed by atoms with E-state index in [1.165, 1.54) is 0 Å². The van der Waals surface area contributed by atoms with Gasteiger partial charge in [0.05, 0.1) is 5.02 Å². The van der Waals surface area contributed by atoms with Gasteiger partial charge >= 0.3 is 0 Å². The fourth-order valence-corrected chi connectivity index (χ4v) is 1.67. The SMILES string of the molecule is Cc1cccc(Cl)c1-c1cc(N)no1. The van der Waals surface area contributed by atoms with Gasteiger partial charge in [0.15, 0.2) is 11.6 Å². The zero-order valence-corrected chi connectivity index (χ0v) is 8.38. The second-order valence-corrected chi connectivity index (χ2v) is 3.45. The van der Waals surface area contributed by atoms with Crippen molar-refractivity contribution in [2.75, 3.05) is 5.73 Å². The van der Waals surface area contributed by atoms with Crippen molar-refractivity contribution in [1.29, 1.82) is 0 Å². The first kappa shape index (κ1) is 9.09. The number of hydrogen-bond donors (Lipinski definition) is 1. The van der Waals surface area contributed by atoms with Crippen molar-refractivity contribution in [3.8, 4) is 11.3 Å². The summed E-state index contributed by atoms with van der Waals surface area (Å²) in [6.07, 6.45) is 0. The number of nitrogen functional groups attached to an aromatic ring is 1. The van der Waals surface area contributed by atoms with E-state index in [1.807, 2.05) is 25.1 Å². The average molecular weight is 209 g/mol. The molecule has 0 aliphatic carbocycles. The first-order valence-corrected chi connectivity index (χ1v) is 4.54. The first-order chi connectivity index (χ1) is 6.68. The molecule has 0 fully saturated rings. The van der Waals surface area contributed by atoms with Crippen LogP contribution in [0.1, 0.15) is 5.56 Å². The van der Waals surface area contributed by atoms with Gasteiger partial charge in [-0.25, -0.2) is 0 Å². The highest BCUT2D eigenvalue weighted by molar-refractivity contribution is 6.33. The summed E-state index contributed by atoms with van der Waals surface area (Å²) in [7, 11) is 0. The largest absolute Gasteiger partial charge is 0.381 e. The van der Waals surface area contributed by atoms with Gasteiger partial charge in [0.1, 0.15) is 0 Å². The molecule has 14 heavy (non-hydrogen) atoms. The molecule has 0 aliphatic rings. The Morgan fingerprint density at radius 1 is 1.43 bits per heavy atom. The number of nitrogens with two attached hydrogens (primary N) is 1. The van der Waals surface area contributed by atoms with E-state index in [-0.39, 0.29) is 0 Å². The third kappa shape index (κ3) is 1.46. The van der Waals surface area contributed by atoms with Gasteiger partial charge in [-0.15, -0.1) is 0 Å². The molecule has 3 nitrogen and oxygen atoms in total.